The van der Waals surface area contributed by atoms with Crippen LogP contribution >= 0.6 is 22.7 Å². The van der Waals surface area contributed by atoms with Gasteiger partial charge >= 0.3 is 0 Å². The molecule has 2 N–H and O–H groups in total. The van der Waals surface area contributed by atoms with Crippen molar-refractivity contribution in [1.29, 1.82) is 0 Å². The minimum atomic E-state index is -3.92. The third-order valence-corrected chi connectivity index (χ3v) is 10.2. The summed E-state index contributed by atoms with van der Waals surface area (Å²) >= 11 is 2.77. The number of sulfonamides is 2. The molecule has 0 saturated carbocycles. The van der Waals surface area contributed by atoms with Crippen LogP contribution in [-0.4, -0.2) is 40.8 Å². The summed E-state index contributed by atoms with van der Waals surface area (Å²) in [5.41, 5.74) is -0.413. The molecule has 0 bridgehead atoms. The molecule has 3 aromatic rings. The van der Waals surface area contributed by atoms with Crippen LogP contribution in [0.25, 0.3) is 0 Å². The smallest absolute Gasteiger partial charge is 0.240 e. The topological polar surface area (TPSA) is 104 Å². The van der Waals surface area contributed by atoms with Gasteiger partial charge in [0, 0.05) is 23.5 Å². The van der Waals surface area contributed by atoms with Crippen LogP contribution in [-0.2, 0) is 25.6 Å². The van der Waals surface area contributed by atoms with Crippen molar-refractivity contribution in [3.8, 4) is 0 Å². The lowest BCUT2D eigenvalue weighted by atomic mass is 9.95. The van der Waals surface area contributed by atoms with Crippen molar-refractivity contribution >= 4 is 48.4 Å². The lowest BCUT2D eigenvalue weighted by molar-refractivity contribution is 0.0903. The molecule has 0 radical (unpaired) electrons. The summed E-state index contributed by atoms with van der Waals surface area (Å²) in [6.45, 7) is 0.163. The second-order valence-electron chi connectivity index (χ2n) is 7.26. The molecule has 0 spiro atoms. The summed E-state index contributed by atoms with van der Waals surface area (Å²) in [6.07, 6.45) is 1.40. The fraction of sp³-hybridized carbons (Fsp3) is 0.300. The Morgan fingerprint density at radius 1 is 1.10 bits per heavy atom. The molecule has 2 aromatic heterocycles. The van der Waals surface area contributed by atoms with Gasteiger partial charge in [-0.2, -0.15) is 11.3 Å². The first-order valence-electron chi connectivity index (χ1n) is 9.62. The van der Waals surface area contributed by atoms with Crippen LogP contribution in [0.15, 0.2) is 63.5 Å². The maximum absolute atomic E-state index is 12.9. The van der Waals surface area contributed by atoms with Gasteiger partial charge in [-0.15, -0.1) is 11.3 Å². The molecule has 166 valence electrons. The van der Waals surface area contributed by atoms with Crippen molar-refractivity contribution in [1.82, 2.24) is 4.72 Å². The molecule has 1 saturated heterocycles. The molecule has 1 aliphatic heterocycles. The quantitative estimate of drug-likeness (QED) is 0.521. The minimum Gasteiger partial charge on any atom is -0.378 e. The van der Waals surface area contributed by atoms with E-state index in [1.165, 1.54) is 51.2 Å². The third kappa shape index (κ3) is 4.57. The van der Waals surface area contributed by atoms with E-state index in [-0.39, 0.29) is 17.2 Å². The van der Waals surface area contributed by atoms with Gasteiger partial charge in [-0.3, -0.25) is 4.31 Å². The SMILES string of the molecule is O=S(=O)(NCC(O)(c1ccsc1)c1cccs1)c1ccc(N2CCCCS2(=O)=O)cc1. The number of nitrogens with zero attached hydrogens (tertiary/aromatic N) is 1. The lowest BCUT2D eigenvalue weighted by Crippen LogP contribution is -2.41. The fourth-order valence-corrected chi connectivity index (χ4v) is 7.77. The van der Waals surface area contributed by atoms with Crippen LogP contribution in [0.5, 0.6) is 0 Å². The van der Waals surface area contributed by atoms with E-state index in [1.54, 1.807) is 23.6 Å². The molecular formula is C20H22N2O5S4. The maximum Gasteiger partial charge on any atom is 0.240 e. The Hall–Kier alpha value is -1.76. The molecule has 0 aliphatic carbocycles. The number of thiophene rings is 2. The van der Waals surface area contributed by atoms with Gasteiger partial charge in [0.15, 0.2) is 0 Å². The molecule has 11 heteroatoms. The molecule has 0 amide bonds. The van der Waals surface area contributed by atoms with Gasteiger partial charge in [-0.25, -0.2) is 21.6 Å². The number of nitrogens with one attached hydrogen (secondary N) is 1. The molecule has 3 heterocycles. The van der Waals surface area contributed by atoms with Gasteiger partial charge in [-0.05, 0) is 65.4 Å². The summed E-state index contributed by atoms with van der Waals surface area (Å²) in [5.74, 6) is 0.0957. The summed E-state index contributed by atoms with van der Waals surface area (Å²) in [4.78, 5) is 0.642. The highest BCUT2D eigenvalue weighted by molar-refractivity contribution is 7.92. The normalized spacial score (nSPS) is 18.5. The van der Waals surface area contributed by atoms with Crippen LogP contribution < -0.4 is 9.03 Å². The summed E-state index contributed by atoms with van der Waals surface area (Å²) in [6, 6.07) is 11.1. The summed E-state index contributed by atoms with van der Waals surface area (Å²) in [7, 11) is -7.29. The molecule has 7 nitrogen and oxygen atoms in total. The van der Waals surface area contributed by atoms with Crippen molar-refractivity contribution in [2.45, 2.75) is 23.3 Å². The van der Waals surface area contributed by atoms with Gasteiger partial charge < -0.3 is 5.11 Å². The number of hydrogen-bond donors (Lipinski definition) is 2. The van der Waals surface area contributed by atoms with Crippen molar-refractivity contribution < 1.29 is 21.9 Å². The van der Waals surface area contributed by atoms with E-state index in [9.17, 15) is 21.9 Å². The Morgan fingerprint density at radius 2 is 1.87 bits per heavy atom. The molecule has 1 aliphatic rings. The van der Waals surface area contributed by atoms with Gasteiger partial charge in [0.1, 0.15) is 5.60 Å². The number of benzene rings is 1. The highest BCUT2D eigenvalue weighted by Gasteiger charge is 2.35. The van der Waals surface area contributed by atoms with E-state index in [2.05, 4.69) is 4.72 Å². The first-order valence-corrected chi connectivity index (χ1v) is 14.5. The van der Waals surface area contributed by atoms with Crippen LogP contribution in [0.2, 0.25) is 0 Å². The molecule has 1 atom stereocenters. The average Bonchev–Trinajstić information content (AvgIpc) is 3.47. The zero-order valence-corrected chi connectivity index (χ0v) is 19.7. The van der Waals surface area contributed by atoms with Crippen molar-refractivity contribution in [2.24, 2.45) is 0 Å². The Bertz CT molecular complexity index is 1180. The Labute approximate surface area is 190 Å². The van der Waals surface area contributed by atoms with Gasteiger partial charge in [0.05, 0.1) is 16.3 Å². The highest BCUT2D eigenvalue weighted by Crippen LogP contribution is 2.34. The highest BCUT2D eigenvalue weighted by atomic mass is 32.2. The van der Waals surface area contributed by atoms with Gasteiger partial charge in [0.2, 0.25) is 20.0 Å². The molecule has 1 unspecified atom stereocenters. The molecule has 1 fully saturated rings. The van der Waals surface area contributed by atoms with Gasteiger partial charge in [-0.1, -0.05) is 6.07 Å². The number of aliphatic hydroxyl groups is 1. The maximum atomic E-state index is 12.9. The van der Waals surface area contributed by atoms with Crippen LogP contribution in [0.4, 0.5) is 5.69 Å². The standard InChI is InChI=1S/C20H22N2O5S4/c23-20(16-9-12-28-14-16,19-4-3-11-29-19)15-21-31(26,27)18-7-5-17(6-8-18)22-10-1-2-13-30(22,24)25/h3-9,11-12,14,21,23H,1-2,10,13,15H2. The van der Waals surface area contributed by atoms with E-state index in [4.69, 9.17) is 0 Å². The number of rotatable bonds is 7. The zero-order chi connectivity index (χ0) is 22.1. The minimum absolute atomic E-state index is 0.00417. The van der Waals surface area contributed by atoms with E-state index in [0.29, 0.717) is 29.1 Å². The van der Waals surface area contributed by atoms with E-state index >= 15 is 0 Å². The second-order valence-corrected chi connectivity index (χ2v) is 12.8. The molecule has 1 aromatic carbocycles. The lowest BCUT2D eigenvalue weighted by Gasteiger charge is -2.28. The van der Waals surface area contributed by atoms with Crippen LogP contribution in [0.3, 0.4) is 0 Å². The Kier molecular flexibility index (Phi) is 6.25. The molecule has 31 heavy (non-hydrogen) atoms. The monoisotopic (exact) mass is 498 g/mol. The second kappa shape index (κ2) is 8.64. The predicted molar refractivity (Wildman–Crippen MR) is 124 cm³/mol. The Morgan fingerprint density at radius 3 is 2.48 bits per heavy atom. The summed E-state index contributed by atoms with van der Waals surface area (Å²) < 4.78 is 54.1. The van der Waals surface area contributed by atoms with Crippen molar-refractivity contribution in [3.63, 3.8) is 0 Å². The fourth-order valence-electron chi connectivity index (χ4n) is 3.50. The number of hydrogen-bond acceptors (Lipinski definition) is 7. The average molecular weight is 499 g/mol. The van der Waals surface area contributed by atoms with Crippen LogP contribution in [0, 0.1) is 0 Å². The van der Waals surface area contributed by atoms with Crippen molar-refractivity contribution in [3.05, 3.63) is 69.0 Å². The number of anilines is 1. The van der Waals surface area contributed by atoms with Crippen molar-refractivity contribution in [2.75, 3.05) is 23.1 Å². The first kappa shape index (κ1) is 22.4. The largest absolute Gasteiger partial charge is 0.378 e. The van der Waals surface area contributed by atoms with E-state index in [0.717, 1.165) is 6.42 Å². The summed E-state index contributed by atoms with van der Waals surface area (Å²) in [5, 5.41) is 16.8. The van der Waals surface area contributed by atoms with E-state index < -0.39 is 25.6 Å². The van der Waals surface area contributed by atoms with E-state index in [1.807, 2.05) is 10.8 Å². The molecule has 4 rings (SSSR count). The predicted octanol–water partition coefficient (Wildman–Crippen LogP) is 2.95. The molecular weight excluding hydrogens is 476 g/mol. The third-order valence-electron chi connectivity index (χ3n) is 5.23. The van der Waals surface area contributed by atoms with Crippen LogP contribution in [0.1, 0.15) is 23.3 Å². The zero-order valence-electron chi connectivity index (χ0n) is 16.5. The first-order chi connectivity index (χ1) is 14.7. The Balaban J connectivity index is 1.55. The van der Waals surface area contributed by atoms with Gasteiger partial charge in [0.25, 0.3) is 0 Å².